The van der Waals surface area contributed by atoms with Crippen molar-refractivity contribution < 1.29 is 8.42 Å². The van der Waals surface area contributed by atoms with Crippen LogP contribution in [0.25, 0.3) is 0 Å². The first-order chi connectivity index (χ1) is 8.27. The number of rotatable bonds is 5. The molecule has 6 heteroatoms. The van der Waals surface area contributed by atoms with Crippen LogP contribution in [0.4, 0.5) is 0 Å². The molecular weight excluding hydrogens is 293 g/mol. The van der Waals surface area contributed by atoms with Crippen LogP contribution < -0.4 is 5.32 Å². The molecule has 1 aromatic rings. The minimum atomic E-state index is -3.36. The molecule has 1 N–H and O–H groups in total. The van der Waals surface area contributed by atoms with Crippen LogP contribution in [0, 0.1) is 5.92 Å². The molecule has 0 spiro atoms. The third-order valence-electron chi connectivity index (χ3n) is 2.82. The Morgan fingerprint density at radius 2 is 1.83 bits per heavy atom. The zero-order valence-corrected chi connectivity index (χ0v) is 12.9. The molecule has 18 heavy (non-hydrogen) atoms. The Bertz CT molecular complexity index is 515. The first-order valence-electron chi connectivity index (χ1n) is 5.63. The van der Waals surface area contributed by atoms with Gasteiger partial charge in [-0.25, -0.2) is 8.42 Å². The Morgan fingerprint density at radius 3 is 2.28 bits per heavy atom. The van der Waals surface area contributed by atoms with E-state index in [0.29, 0.717) is 5.02 Å². The van der Waals surface area contributed by atoms with Crippen LogP contribution in [-0.2, 0) is 9.84 Å². The highest BCUT2D eigenvalue weighted by Gasteiger charge is 2.23. The van der Waals surface area contributed by atoms with Crippen molar-refractivity contribution in [3.05, 3.63) is 28.2 Å². The van der Waals surface area contributed by atoms with Crippen LogP contribution in [0.1, 0.15) is 13.8 Å². The summed E-state index contributed by atoms with van der Waals surface area (Å²) in [5.74, 6) is 0.270. The van der Waals surface area contributed by atoms with Gasteiger partial charge in [-0.1, -0.05) is 37.0 Å². The first-order valence-corrected chi connectivity index (χ1v) is 8.04. The zero-order chi connectivity index (χ0) is 13.9. The zero-order valence-electron chi connectivity index (χ0n) is 10.6. The normalized spacial score (nSPS) is 13.9. The fourth-order valence-electron chi connectivity index (χ4n) is 1.61. The van der Waals surface area contributed by atoms with Crippen LogP contribution in [0.15, 0.2) is 23.1 Å². The average Bonchev–Trinajstić information content (AvgIpc) is 2.29. The highest BCUT2D eigenvalue weighted by Crippen LogP contribution is 2.25. The molecule has 1 atom stereocenters. The fourth-order valence-corrected chi connectivity index (χ4v) is 3.76. The predicted molar refractivity (Wildman–Crippen MR) is 76.2 cm³/mol. The van der Waals surface area contributed by atoms with Gasteiger partial charge in [-0.15, -0.1) is 0 Å². The molecule has 3 nitrogen and oxygen atoms in total. The topological polar surface area (TPSA) is 46.2 Å². The van der Waals surface area contributed by atoms with Crippen LogP contribution in [0.5, 0.6) is 0 Å². The van der Waals surface area contributed by atoms with E-state index in [-0.39, 0.29) is 27.6 Å². The maximum absolute atomic E-state index is 12.2. The van der Waals surface area contributed by atoms with Crippen LogP contribution >= 0.6 is 23.2 Å². The highest BCUT2D eigenvalue weighted by atomic mass is 35.5. The summed E-state index contributed by atoms with van der Waals surface area (Å²) in [7, 11) is -1.60. The summed E-state index contributed by atoms with van der Waals surface area (Å²) in [6.45, 7) is 3.96. The van der Waals surface area contributed by atoms with E-state index in [9.17, 15) is 8.42 Å². The summed E-state index contributed by atoms with van der Waals surface area (Å²) < 4.78 is 24.5. The summed E-state index contributed by atoms with van der Waals surface area (Å²) in [5.41, 5.74) is 0. The molecule has 0 aliphatic rings. The number of sulfone groups is 1. The van der Waals surface area contributed by atoms with Crippen molar-refractivity contribution in [3.8, 4) is 0 Å². The first kappa shape index (κ1) is 15.8. The van der Waals surface area contributed by atoms with E-state index in [1.54, 1.807) is 7.05 Å². The maximum Gasteiger partial charge on any atom is 0.179 e. The second-order valence-corrected chi connectivity index (χ2v) is 7.35. The predicted octanol–water partition coefficient (Wildman–Crippen LogP) is 3.01. The standard InChI is InChI=1S/C12H17Cl2NO2S/c1-8(2)12(15-3)7-18(16,17)9-4-5-10(13)11(14)6-9/h4-6,8,12,15H,7H2,1-3H3. The Morgan fingerprint density at radius 1 is 1.22 bits per heavy atom. The van der Waals surface area contributed by atoms with Crippen molar-refractivity contribution in [1.29, 1.82) is 0 Å². The van der Waals surface area contributed by atoms with E-state index >= 15 is 0 Å². The molecule has 0 aliphatic carbocycles. The molecule has 0 amide bonds. The van der Waals surface area contributed by atoms with Gasteiger partial charge in [-0.3, -0.25) is 0 Å². The van der Waals surface area contributed by atoms with Crippen molar-refractivity contribution >= 4 is 33.0 Å². The SMILES string of the molecule is CNC(CS(=O)(=O)c1ccc(Cl)c(Cl)c1)C(C)C. The minimum absolute atomic E-state index is 0.0408. The van der Waals surface area contributed by atoms with Gasteiger partial charge < -0.3 is 5.32 Å². The lowest BCUT2D eigenvalue weighted by molar-refractivity contribution is 0.455. The smallest absolute Gasteiger partial charge is 0.179 e. The molecule has 0 radical (unpaired) electrons. The summed E-state index contributed by atoms with van der Waals surface area (Å²) in [6.07, 6.45) is 0. The molecular formula is C12H17Cl2NO2S. The molecule has 0 saturated carbocycles. The van der Waals surface area contributed by atoms with Gasteiger partial charge >= 0.3 is 0 Å². The van der Waals surface area contributed by atoms with E-state index in [0.717, 1.165) is 0 Å². The van der Waals surface area contributed by atoms with Gasteiger partial charge in [0.2, 0.25) is 0 Å². The van der Waals surface area contributed by atoms with Crippen molar-refractivity contribution in [2.24, 2.45) is 5.92 Å². The van der Waals surface area contributed by atoms with E-state index in [2.05, 4.69) is 5.32 Å². The summed E-state index contributed by atoms with van der Waals surface area (Å²) >= 11 is 11.6. The van der Waals surface area contributed by atoms with Gasteiger partial charge in [0.25, 0.3) is 0 Å². The fraction of sp³-hybridized carbons (Fsp3) is 0.500. The average molecular weight is 310 g/mol. The molecule has 0 aromatic heterocycles. The van der Waals surface area contributed by atoms with E-state index in [1.807, 2.05) is 13.8 Å². The molecule has 0 fully saturated rings. The van der Waals surface area contributed by atoms with Crippen LogP contribution in [0.3, 0.4) is 0 Å². The van der Waals surface area contributed by atoms with Crippen LogP contribution in [-0.4, -0.2) is 27.3 Å². The number of benzene rings is 1. The molecule has 0 bridgehead atoms. The monoisotopic (exact) mass is 309 g/mol. The van der Waals surface area contributed by atoms with Gasteiger partial charge in [0, 0.05) is 6.04 Å². The van der Waals surface area contributed by atoms with E-state index < -0.39 is 9.84 Å². The van der Waals surface area contributed by atoms with E-state index in [4.69, 9.17) is 23.2 Å². The number of halogens is 2. The number of nitrogens with one attached hydrogen (secondary N) is 1. The summed E-state index contributed by atoms with van der Waals surface area (Å²) in [6, 6.07) is 4.29. The molecule has 1 aromatic carbocycles. The van der Waals surface area contributed by atoms with Gasteiger partial charge in [-0.05, 0) is 31.2 Å². The Balaban J connectivity index is 3.02. The molecule has 102 valence electrons. The van der Waals surface area contributed by atoms with Gasteiger partial charge in [-0.2, -0.15) is 0 Å². The second-order valence-electron chi connectivity index (χ2n) is 4.50. The molecule has 1 rings (SSSR count). The van der Waals surface area contributed by atoms with Crippen molar-refractivity contribution in [2.75, 3.05) is 12.8 Å². The van der Waals surface area contributed by atoms with E-state index in [1.165, 1.54) is 18.2 Å². The lowest BCUT2D eigenvalue weighted by atomic mass is 10.1. The maximum atomic E-state index is 12.2. The molecule has 1 unspecified atom stereocenters. The largest absolute Gasteiger partial charge is 0.316 e. The quantitative estimate of drug-likeness (QED) is 0.909. The Hall–Kier alpha value is -0.290. The lowest BCUT2D eigenvalue weighted by Crippen LogP contribution is -2.37. The summed E-state index contributed by atoms with van der Waals surface area (Å²) in [5, 5.41) is 3.62. The molecule has 0 heterocycles. The minimum Gasteiger partial charge on any atom is -0.316 e. The Kier molecular flexibility index (Phi) is 5.46. The third-order valence-corrected chi connectivity index (χ3v) is 5.33. The number of hydrogen-bond donors (Lipinski definition) is 1. The number of hydrogen-bond acceptors (Lipinski definition) is 3. The van der Waals surface area contributed by atoms with Gasteiger partial charge in [0.1, 0.15) is 0 Å². The summed E-state index contributed by atoms with van der Waals surface area (Å²) in [4.78, 5) is 0.206. The highest BCUT2D eigenvalue weighted by molar-refractivity contribution is 7.91. The van der Waals surface area contributed by atoms with Gasteiger partial charge in [0.05, 0.1) is 20.7 Å². The second kappa shape index (κ2) is 6.24. The van der Waals surface area contributed by atoms with Crippen molar-refractivity contribution in [3.63, 3.8) is 0 Å². The van der Waals surface area contributed by atoms with Gasteiger partial charge in [0.15, 0.2) is 9.84 Å². The third kappa shape index (κ3) is 3.85. The molecule has 0 saturated heterocycles. The van der Waals surface area contributed by atoms with Crippen molar-refractivity contribution in [2.45, 2.75) is 24.8 Å². The Labute approximate surface area is 118 Å². The van der Waals surface area contributed by atoms with Crippen molar-refractivity contribution in [1.82, 2.24) is 5.32 Å². The lowest BCUT2D eigenvalue weighted by Gasteiger charge is -2.20. The van der Waals surface area contributed by atoms with Crippen LogP contribution in [0.2, 0.25) is 10.0 Å². The molecule has 0 aliphatic heterocycles.